The summed E-state index contributed by atoms with van der Waals surface area (Å²) in [5.41, 5.74) is -0.821. The summed E-state index contributed by atoms with van der Waals surface area (Å²) >= 11 is 0. The summed E-state index contributed by atoms with van der Waals surface area (Å²) in [7, 11) is 0. The molecular weight excluding hydrogens is 413 g/mol. The van der Waals surface area contributed by atoms with Crippen LogP contribution in [0.3, 0.4) is 0 Å². The number of ether oxygens (including phenoxy) is 2. The van der Waals surface area contributed by atoms with Gasteiger partial charge in [-0.05, 0) is 17.3 Å². The Labute approximate surface area is 165 Å². The molecule has 0 aliphatic rings. The summed E-state index contributed by atoms with van der Waals surface area (Å²) in [4.78, 5) is 23.8. The van der Waals surface area contributed by atoms with Gasteiger partial charge in [-0.3, -0.25) is 4.79 Å². The molecule has 0 aromatic heterocycles. The molecular formula is C18H27F7O4. The van der Waals surface area contributed by atoms with E-state index in [2.05, 4.69) is 4.74 Å². The van der Waals surface area contributed by atoms with Crippen molar-refractivity contribution >= 4 is 11.9 Å². The van der Waals surface area contributed by atoms with E-state index >= 15 is 0 Å². The van der Waals surface area contributed by atoms with E-state index in [0.29, 0.717) is 6.42 Å². The highest BCUT2D eigenvalue weighted by Gasteiger charge is 2.73. The Kier molecular flexibility index (Phi) is 8.59. The second-order valence-corrected chi connectivity index (χ2v) is 8.69. The number of carbonyl (C=O) groups excluding carboxylic acids is 2. The second kappa shape index (κ2) is 9.07. The Balaban J connectivity index is 4.94. The van der Waals surface area contributed by atoms with Crippen molar-refractivity contribution in [3.63, 3.8) is 0 Å². The maximum atomic E-state index is 13.1. The van der Waals surface area contributed by atoms with Gasteiger partial charge in [0, 0.05) is 0 Å². The van der Waals surface area contributed by atoms with E-state index in [9.17, 15) is 40.3 Å². The van der Waals surface area contributed by atoms with E-state index in [0.717, 1.165) is 6.42 Å². The van der Waals surface area contributed by atoms with Crippen LogP contribution in [0.1, 0.15) is 54.4 Å². The first-order valence-electron chi connectivity index (χ1n) is 8.82. The molecule has 0 saturated heterocycles. The van der Waals surface area contributed by atoms with Crippen molar-refractivity contribution in [3.8, 4) is 0 Å². The lowest BCUT2D eigenvalue weighted by molar-refractivity contribution is -0.359. The van der Waals surface area contributed by atoms with Gasteiger partial charge in [-0.2, -0.15) is 30.7 Å². The highest BCUT2D eigenvalue weighted by molar-refractivity contribution is 5.78. The Morgan fingerprint density at radius 1 is 0.862 bits per heavy atom. The molecule has 0 N–H and O–H groups in total. The lowest BCUT2D eigenvalue weighted by atomic mass is 9.70. The van der Waals surface area contributed by atoms with E-state index in [1.54, 1.807) is 20.8 Å². The average molecular weight is 440 g/mol. The lowest BCUT2D eigenvalue weighted by Crippen LogP contribution is -2.54. The van der Waals surface area contributed by atoms with Crippen molar-refractivity contribution in [1.29, 1.82) is 0 Å². The monoisotopic (exact) mass is 440 g/mol. The van der Waals surface area contributed by atoms with Gasteiger partial charge in [-0.25, -0.2) is 4.79 Å². The zero-order valence-corrected chi connectivity index (χ0v) is 17.2. The Morgan fingerprint density at radius 2 is 1.34 bits per heavy atom. The highest BCUT2D eigenvalue weighted by atomic mass is 19.4. The summed E-state index contributed by atoms with van der Waals surface area (Å²) in [6, 6.07) is 0. The zero-order valence-electron chi connectivity index (χ0n) is 17.2. The molecule has 0 aliphatic carbocycles. The molecule has 0 radical (unpaired) electrons. The Morgan fingerprint density at radius 3 is 1.72 bits per heavy atom. The van der Waals surface area contributed by atoms with Crippen molar-refractivity contribution in [2.45, 2.75) is 72.4 Å². The van der Waals surface area contributed by atoms with E-state index in [1.165, 1.54) is 0 Å². The SMILES string of the molecule is CCC(C)(C)CC(C(=O)OCC(=O)OCC(F)(F)C(F)(F)C(F)(F)F)C(C)(C)C. The molecule has 11 heteroatoms. The maximum absolute atomic E-state index is 13.1. The summed E-state index contributed by atoms with van der Waals surface area (Å²) in [6.07, 6.45) is -5.41. The van der Waals surface area contributed by atoms with Gasteiger partial charge in [0.2, 0.25) is 0 Å². The van der Waals surface area contributed by atoms with Crippen LogP contribution in [0.2, 0.25) is 0 Å². The summed E-state index contributed by atoms with van der Waals surface area (Å²) in [5.74, 6) is -15.2. The molecule has 1 unspecified atom stereocenters. The van der Waals surface area contributed by atoms with Crippen molar-refractivity contribution in [3.05, 3.63) is 0 Å². The normalized spacial score (nSPS) is 15.1. The van der Waals surface area contributed by atoms with E-state index < -0.39 is 54.5 Å². The lowest BCUT2D eigenvalue weighted by Gasteiger charge is -2.35. The van der Waals surface area contributed by atoms with Crippen LogP contribution >= 0.6 is 0 Å². The molecule has 0 spiro atoms. The minimum atomic E-state index is -6.53. The minimum Gasteiger partial charge on any atom is -0.456 e. The summed E-state index contributed by atoms with van der Waals surface area (Å²) in [5, 5.41) is 0. The molecule has 0 bridgehead atoms. The third kappa shape index (κ3) is 7.65. The number of hydrogen-bond donors (Lipinski definition) is 0. The molecule has 0 rings (SSSR count). The standard InChI is InChI=1S/C18H27F7O4/c1-7-15(5,6)8-11(14(2,3)4)13(27)28-9-12(26)29-10-16(19,20)17(21,22)18(23,24)25/h11H,7-10H2,1-6H3. The fourth-order valence-electron chi connectivity index (χ4n) is 2.18. The van der Waals surface area contributed by atoms with Crippen LogP contribution in [-0.2, 0) is 19.1 Å². The zero-order chi connectivity index (χ0) is 23.5. The summed E-state index contributed by atoms with van der Waals surface area (Å²) in [6.45, 7) is 7.30. The Bertz CT molecular complexity index is 578. The van der Waals surface area contributed by atoms with Crippen LogP contribution in [0.15, 0.2) is 0 Å². The van der Waals surface area contributed by atoms with Gasteiger partial charge in [0.25, 0.3) is 0 Å². The molecule has 0 fully saturated rings. The van der Waals surface area contributed by atoms with Crippen molar-refractivity contribution in [2.24, 2.45) is 16.7 Å². The molecule has 0 aromatic carbocycles. The van der Waals surface area contributed by atoms with Crippen molar-refractivity contribution < 1.29 is 49.8 Å². The van der Waals surface area contributed by atoms with E-state index in [4.69, 9.17) is 4.74 Å². The number of hydrogen-bond acceptors (Lipinski definition) is 4. The van der Waals surface area contributed by atoms with Crippen LogP contribution < -0.4 is 0 Å². The first kappa shape index (κ1) is 27.5. The van der Waals surface area contributed by atoms with Crippen LogP contribution in [0.4, 0.5) is 30.7 Å². The summed E-state index contributed by atoms with van der Waals surface area (Å²) < 4.78 is 96.3. The molecule has 29 heavy (non-hydrogen) atoms. The van der Waals surface area contributed by atoms with Gasteiger partial charge >= 0.3 is 30.0 Å². The molecule has 0 saturated carbocycles. The third-order valence-electron chi connectivity index (χ3n) is 4.61. The van der Waals surface area contributed by atoms with Crippen LogP contribution in [0.5, 0.6) is 0 Å². The second-order valence-electron chi connectivity index (χ2n) is 8.69. The maximum Gasteiger partial charge on any atom is 0.460 e. The number of carbonyl (C=O) groups is 2. The predicted octanol–water partition coefficient (Wildman–Crippen LogP) is 5.39. The van der Waals surface area contributed by atoms with Gasteiger partial charge < -0.3 is 9.47 Å². The first-order valence-corrected chi connectivity index (χ1v) is 8.82. The first-order chi connectivity index (χ1) is 12.7. The number of alkyl halides is 7. The smallest absolute Gasteiger partial charge is 0.456 e. The molecule has 0 aromatic rings. The quantitative estimate of drug-likeness (QED) is 0.356. The number of esters is 2. The Hall–Kier alpha value is -1.55. The largest absolute Gasteiger partial charge is 0.460 e. The molecule has 172 valence electrons. The van der Waals surface area contributed by atoms with Crippen LogP contribution in [-0.4, -0.2) is 43.2 Å². The fourth-order valence-corrected chi connectivity index (χ4v) is 2.18. The van der Waals surface area contributed by atoms with Gasteiger partial charge in [-0.1, -0.05) is 48.0 Å². The van der Waals surface area contributed by atoms with Crippen LogP contribution in [0, 0.1) is 16.7 Å². The highest BCUT2D eigenvalue weighted by Crippen LogP contribution is 2.46. The molecule has 0 amide bonds. The van der Waals surface area contributed by atoms with Crippen molar-refractivity contribution in [2.75, 3.05) is 13.2 Å². The number of halogens is 7. The van der Waals surface area contributed by atoms with E-state index in [-0.39, 0.29) is 5.41 Å². The van der Waals surface area contributed by atoms with Gasteiger partial charge in [0.05, 0.1) is 5.92 Å². The molecule has 4 nitrogen and oxygen atoms in total. The van der Waals surface area contributed by atoms with Crippen LogP contribution in [0.25, 0.3) is 0 Å². The van der Waals surface area contributed by atoms with Gasteiger partial charge in [0.15, 0.2) is 13.2 Å². The van der Waals surface area contributed by atoms with Gasteiger partial charge in [0.1, 0.15) is 0 Å². The fraction of sp³-hybridized carbons (Fsp3) is 0.889. The molecule has 0 heterocycles. The minimum absolute atomic E-state index is 0.247. The molecule has 0 aliphatic heterocycles. The number of rotatable bonds is 9. The topological polar surface area (TPSA) is 52.6 Å². The van der Waals surface area contributed by atoms with Gasteiger partial charge in [-0.15, -0.1) is 0 Å². The predicted molar refractivity (Wildman–Crippen MR) is 89.5 cm³/mol. The van der Waals surface area contributed by atoms with Crippen molar-refractivity contribution in [1.82, 2.24) is 0 Å². The average Bonchev–Trinajstić information content (AvgIpc) is 2.53. The molecule has 1 atom stereocenters. The third-order valence-corrected chi connectivity index (χ3v) is 4.61. The van der Waals surface area contributed by atoms with E-state index in [1.807, 2.05) is 20.8 Å².